The molecule has 164 valence electrons. The Morgan fingerprint density at radius 3 is 2.52 bits per heavy atom. The lowest BCUT2D eigenvalue weighted by Crippen LogP contribution is -2.39. The number of nitrogens with zero attached hydrogens (tertiary/aromatic N) is 4. The van der Waals surface area contributed by atoms with Crippen LogP contribution in [-0.2, 0) is 20.1 Å². The average molecular weight is 425 g/mol. The van der Waals surface area contributed by atoms with Crippen LogP contribution in [0.2, 0.25) is 0 Å². The molecule has 8 heteroatoms. The number of hydrogen-bond acceptors (Lipinski definition) is 4. The minimum atomic E-state index is -0.217. The molecule has 0 radical (unpaired) electrons. The van der Waals surface area contributed by atoms with Crippen molar-refractivity contribution in [2.75, 3.05) is 7.11 Å². The maximum atomic E-state index is 14.0. The fourth-order valence-corrected chi connectivity index (χ4v) is 2.99. The SMILES string of the molecule is COc1ccc(CN=C(NCc2nnc(C)n2C)NC(C)c2ccc(C)c(F)c2)cc1. The smallest absolute Gasteiger partial charge is 0.192 e. The van der Waals surface area contributed by atoms with Gasteiger partial charge >= 0.3 is 0 Å². The quantitative estimate of drug-likeness (QED) is 0.448. The van der Waals surface area contributed by atoms with Gasteiger partial charge in [-0.1, -0.05) is 24.3 Å². The largest absolute Gasteiger partial charge is 0.497 e. The van der Waals surface area contributed by atoms with E-state index < -0.39 is 0 Å². The number of nitrogens with one attached hydrogen (secondary N) is 2. The summed E-state index contributed by atoms with van der Waals surface area (Å²) < 4.78 is 21.2. The number of rotatable bonds is 7. The first kappa shape index (κ1) is 22.3. The second-order valence-corrected chi connectivity index (χ2v) is 7.46. The van der Waals surface area contributed by atoms with Crippen molar-refractivity contribution in [3.8, 4) is 5.75 Å². The van der Waals surface area contributed by atoms with Crippen molar-refractivity contribution in [2.24, 2.45) is 12.0 Å². The number of ether oxygens (including phenoxy) is 1. The Morgan fingerprint density at radius 1 is 1.16 bits per heavy atom. The van der Waals surface area contributed by atoms with E-state index in [-0.39, 0.29) is 11.9 Å². The molecule has 1 atom stereocenters. The van der Waals surface area contributed by atoms with Gasteiger partial charge in [0.15, 0.2) is 11.8 Å². The third-order valence-corrected chi connectivity index (χ3v) is 5.22. The first-order chi connectivity index (χ1) is 14.9. The molecule has 0 saturated carbocycles. The van der Waals surface area contributed by atoms with Gasteiger partial charge < -0.3 is 19.9 Å². The van der Waals surface area contributed by atoms with Gasteiger partial charge in [-0.3, -0.25) is 0 Å². The predicted octanol–water partition coefficient (Wildman–Crippen LogP) is 3.58. The molecular weight excluding hydrogens is 395 g/mol. The summed E-state index contributed by atoms with van der Waals surface area (Å²) in [4.78, 5) is 4.71. The van der Waals surface area contributed by atoms with Crippen molar-refractivity contribution in [1.29, 1.82) is 0 Å². The van der Waals surface area contributed by atoms with Crippen LogP contribution in [0.25, 0.3) is 0 Å². The van der Waals surface area contributed by atoms with Gasteiger partial charge in [-0.05, 0) is 55.7 Å². The van der Waals surface area contributed by atoms with Gasteiger partial charge in [0, 0.05) is 7.05 Å². The highest BCUT2D eigenvalue weighted by Gasteiger charge is 2.12. The number of halogens is 1. The van der Waals surface area contributed by atoms with E-state index in [0.717, 1.165) is 28.5 Å². The van der Waals surface area contributed by atoms with Crippen LogP contribution in [0.15, 0.2) is 47.5 Å². The Balaban J connectivity index is 1.76. The molecule has 2 N–H and O–H groups in total. The van der Waals surface area contributed by atoms with Crippen LogP contribution in [-0.4, -0.2) is 27.8 Å². The molecule has 1 unspecified atom stereocenters. The molecule has 3 rings (SSSR count). The van der Waals surface area contributed by atoms with Gasteiger partial charge in [-0.15, -0.1) is 10.2 Å². The van der Waals surface area contributed by atoms with Crippen LogP contribution in [0.3, 0.4) is 0 Å². The van der Waals surface area contributed by atoms with E-state index >= 15 is 0 Å². The van der Waals surface area contributed by atoms with Crippen molar-refractivity contribution in [1.82, 2.24) is 25.4 Å². The Hall–Kier alpha value is -3.42. The van der Waals surface area contributed by atoms with Crippen molar-refractivity contribution in [3.63, 3.8) is 0 Å². The molecule has 7 nitrogen and oxygen atoms in total. The van der Waals surface area contributed by atoms with Crippen LogP contribution < -0.4 is 15.4 Å². The second-order valence-electron chi connectivity index (χ2n) is 7.46. The van der Waals surface area contributed by atoms with E-state index in [2.05, 4.69) is 20.8 Å². The van der Waals surface area contributed by atoms with Gasteiger partial charge in [0.25, 0.3) is 0 Å². The summed E-state index contributed by atoms with van der Waals surface area (Å²) in [6.07, 6.45) is 0. The zero-order valence-electron chi connectivity index (χ0n) is 18.6. The Kier molecular flexibility index (Phi) is 7.23. The van der Waals surface area contributed by atoms with Crippen LogP contribution in [0.5, 0.6) is 5.75 Å². The molecular formula is C23H29FN6O. The fourth-order valence-electron chi connectivity index (χ4n) is 2.99. The zero-order valence-corrected chi connectivity index (χ0v) is 18.6. The minimum absolute atomic E-state index is 0.140. The van der Waals surface area contributed by atoms with E-state index in [4.69, 9.17) is 9.73 Å². The monoisotopic (exact) mass is 424 g/mol. The van der Waals surface area contributed by atoms with Crippen molar-refractivity contribution in [2.45, 2.75) is 39.9 Å². The highest BCUT2D eigenvalue weighted by molar-refractivity contribution is 5.80. The standard InChI is InChI=1S/C23H29FN6O/c1-15-6-9-19(12-21(15)24)16(2)27-23(26-14-22-29-28-17(3)30(22)4)25-13-18-7-10-20(31-5)11-8-18/h6-12,16H,13-14H2,1-5H3,(H2,25,26,27). The lowest BCUT2D eigenvalue weighted by molar-refractivity contribution is 0.414. The normalized spacial score (nSPS) is 12.5. The molecule has 0 bridgehead atoms. The van der Waals surface area contributed by atoms with E-state index in [1.165, 1.54) is 0 Å². The lowest BCUT2D eigenvalue weighted by Gasteiger charge is -2.19. The van der Waals surface area contributed by atoms with Crippen molar-refractivity contribution in [3.05, 3.63) is 76.6 Å². The maximum absolute atomic E-state index is 14.0. The Labute approximate surface area is 182 Å². The van der Waals surface area contributed by atoms with Gasteiger partial charge in [-0.25, -0.2) is 9.38 Å². The zero-order chi connectivity index (χ0) is 22.4. The third-order valence-electron chi connectivity index (χ3n) is 5.22. The Morgan fingerprint density at radius 2 is 1.90 bits per heavy atom. The van der Waals surface area contributed by atoms with Crippen LogP contribution >= 0.6 is 0 Å². The number of guanidine groups is 1. The fraction of sp³-hybridized carbons (Fsp3) is 0.348. The predicted molar refractivity (Wildman–Crippen MR) is 119 cm³/mol. The number of aliphatic imine (C=N–C) groups is 1. The summed E-state index contributed by atoms with van der Waals surface area (Å²) >= 11 is 0. The first-order valence-electron chi connectivity index (χ1n) is 10.2. The van der Waals surface area contributed by atoms with Crippen molar-refractivity contribution < 1.29 is 9.13 Å². The summed E-state index contributed by atoms with van der Waals surface area (Å²) in [5.74, 6) is 2.82. The summed E-state index contributed by atoms with van der Waals surface area (Å²) in [5.41, 5.74) is 2.52. The highest BCUT2D eigenvalue weighted by atomic mass is 19.1. The van der Waals surface area contributed by atoms with E-state index in [1.54, 1.807) is 26.2 Å². The first-order valence-corrected chi connectivity index (χ1v) is 10.2. The number of aryl methyl sites for hydroxylation is 2. The molecule has 0 amide bonds. The van der Waals surface area contributed by atoms with Crippen LogP contribution in [0, 0.1) is 19.7 Å². The van der Waals surface area contributed by atoms with Gasteiger partial charge in [0.05, 0.1) is 26.2 Å². The Bertz CT molecular complexity index is 1040. The summed E-state index contributed by atoms with van der Waals surface area (Å²) in [5, 5.41) is 14.9. The minimum Gasteiger partial charge on any atom is -0.497 e. The van der Waals surface area contributed by atoms with Gasteiger partial charge in [0.1, 0.15) is 17.4 Å². The summed E-state index contributed by atoms with van der Waals surface area (Å²) in [6.45, 7) is 6.57. The number of benzene rings is 2. The summed E-state index contributed by atoms with van der Waals surface area (Å²) in [7, 11) is 3.56. The molecule has 1 aromatic heterocycles. The molecule has 1 heterocycles. The number of methoxy groups -OCH3 is 1. The summed E-state index contributed by atoms with van der Waals surface area (Å²) in [6, 6.07) is 12.9. The molecule has 3 aromatic rings. The molecule has 0 saturated heterocycles. The molecule has 0 aliphatic heterocycles. The molecule has 0 aliphatic carbocycles. The third kappa shape index (κ3) is 5.81. The average Bonchev–Trinajstić information content (AvgIpc) is 3.09. The second kappa shape index (κ2) is 10.1. The van der Waals surface area contributed by atoms with Crippen LogP contribution in [0.1, 0.15) is 41.3 Å². The van der Waals surface area contributed by atoms with Crippen LogP contribution in [0.4, 0.5) is 4.39 Å². The lowest BCUT2D eigenvalue weighted by atomic mass is 10.1. The molecule has 0 fully saturated rings. The van der Waals surface area contributed by atoms with E-state index in [0.29, 0.717) is 24.6 Å². The molecule has 2 aromatic carbocycles. The van der Waals surface area contributed by atoms with Crippen molar-refractivity contribution >= 4 is 5.96 Å². The number of hydrogen-bond donors (Lipinski definition) is 2. The molecule has 31 heavy (non-hydrogen) atoms. The van der Waals surface area contributed by atoms with Gasteiger partial charge in [-0.2, -0.15) is 0 Å². The number of aromatic nitrogens is 3. The topological polar surface area (TPSA) is 76.4 Å². The van der Waals surface area contributed by atoms with Gasteiger partial charge in [0.2, 0.25) is 0 Å². The highest BCUT2D eigenvalue weighted by Crippen LogP contribution is 2.16. The molecule has 0 aliphatic rings. The van der Waals surface area contributed by atoms with E-state index in [9.17, 15) is 4.39 Å². The van der Waals surface area contributed by atoms with E-state index in [1.807, 2.05) is 55.8 Å². The maximum Gasteiger partial charge on any atom is 0.192 e. The molecule has 0 spiro atoms.